The Morgan fingerprint density at radius 2 is 1.08 bits per heavy atom. The number of carbonyl (C=O) groups is 9. The molecule has 0 saturated carbocycles. The van der Waals surface area contributed by atoms with Gasteiger partial charge < -0.3 is 66.3 Å². The van der Waals surface area contributed by atoms with Crippen LogP contribution in [0.5, 0.6) is 0 Å². The summed E-state index contributed by atoms with van der Waals surface area (Å²) >= 11 is 0. The number of hydrogen-bond donors (Lipinski definition) is 12. The van der Waals surface area contributed by atoms with E-state index in [9.17, 15) is 54.0 Å². The molecule has 0 aromatic rings. The van der Waals surface area contributed by atoms with Crippen molar-refractivity contribution < 1.29 is 63.6 Å². The number of ketones is 5. The van der Waals surface area contributed by atoms with Gasteiger partial charge in [-0.3, -0.25) is 38.4 Å². The lowest BCUT2D eigenvalue weighted by atomic mass is 9.43. The fourth-order valence-electron chi connectivity index (χ4n) is 6.18. The molecule has 0 heterocycles. The van der Waals surface area contributed by atoms with Crippen LogP contribution >= 0.6 is 0 Å². The van der Waals surface area contributed by atoms with Crippen LogP contribution in [0.3, 0.4) is 0 Å². The molecule has 1 amide bonds. The molecule has 52 heavy (non-hydrogen) atoms. The van der Waals surface area contributed by atoms with Crippen LogP contribution in [-0.2, 0) is 43.2 Å². The van der Waals surface area contributed by atoms with E-state index in [0.29, 0.717) is 0 Å². The average Bonchev–Trinajstić information content (AvgIpc) is 3.05. The number of carboxylic acid groups (broad SMARTS) is 3. The summed E-state index contributed by atoms with van der Waals surface area (Å²) in [6.07, 6.45) is -6.71. The normalized spacial score (nSPS) is 18.6. The van der Waals surface area contributed by atoms with Gasteiger partial charge in [0.1, 0.15) is 0 Å². The minimum atomic E-state index is -4.59. The quantitative estimate of drug-likeness (QED) is 0.0276. The molecular weight excluding hydrogens is 692 g/mol. The molecule has 296 valence electrons. The number of amides is 1. The van der Waals surface area contributed by atoms with Crippen molar-refractivity contribution in [2.24, 2.45) is 62.6 Å². The smallest absolute Gasteiger partial charge is 0.333 e. The van der Waals surface area contributed by atoms with Crippen LogP contribution in [0.25, 0.3) is 0 Å². The van der Waals surface area contributed by atoms with Gasteiger partial charge in [-0.15, -0.1) is 0 Å². The topological polar surface area (TPSA) is 443 Å². The summed E-state index contributed by atoms with van der Waals surface area (Å²) in [5, 5.41) is 41.8. The third-order valence-electron chi connectivity index (χ3n) is 8.91. The van der Waals surface area contributed by atoms with Crippen molar-refractivity contribution in [2.75, 3.05) is 6.54 Å². The summed E-state index contributed by atoms with van der Waals surface area (Å²) in [6, 6.07) is -11.7. The van der Waals surface area contributed by atoms with Crippen LogP contribution in [0.4, 0.5) is 0 Å². The Labute approximate surface area is 299 Å². The highest BCUT2D eigenvalue weighted by molar-refractivity contribution is 6.37. The highest BCUT2D eigenvalue weighted by Crippen LogP contribution is 2.54. The van der Waals surface area contributed by atoms with E-state index in [1.807, 2.05) is 0 Å². The predicted octanol–water partition coefficient (Wildman–Crippen LogP) is -5.01. The van der Waals surface area contributed by atoms with E-state index in [2.05, 4.69) is 0 Å². The highest BCUT2D eigenvalue weighted by Gasteiger charge is 2.84. The van der Waals surface area contributed by atoms with Gasteiger partial charge in [-0.25, -0.2) is 4.79 Å². The molecule has 0 aliphatic heterocycles. The molecule has 0 aromatic carbocycles. The maximum absolute atomic E-state index is 15.1. The summed E-state index contributed by atoms with van der Waals surface area (Å²) in [5.41, 5.74) is 33.9. The summed E-state index contributed by atoms with van der Waals surface area (Å²) in [6.45, 7) is 3.87. The first-order valence-electron chi connectivity index (χ1n) is 16.4. The van der Waals surface area contributed by atoms with Crippen molar-refractivity contribution in [3.05, 3.63) is 0 Å². The van der Waals surface area contributed by atoms with Crippen molar-refractivity contribution in [3.63, 3.8) is 0 Å². The summed E-state index contributed by atoms with van der Waals surface area (Å²) in [5.74, 6) is -19.4. The highest BCUT2D eigenvalue weighted by atomic mass is 16.4. The third kappa shape index (κ3) is 9.46. The van der Waals surface area contributed by atoms with E-state index in [0.717, 1.165) is 6.92 Å². The molecule has 0 radical (unpaired) electrons. The van der Waals surface area contributed by atoms with Gasteiger partial charge in [-0.1, -0.05) is 20.3 Å². The molecule has 0 bridgehead atoms. The van der Waals surface area contributed by atoms with Crippen LogP contribution in [0.2, 0.25) is 0 Å². The number of carboxylic acids is 3. The number of carbonyl (C=O) groups excluding carboxylic acids is 6. The number of hydrogen-bond acceptors (Lipinski definition) is 17. The number of Topliss-reactive ketones (excluding diaryl/α,β-unsaturated/α-hetero) is 5. The van der Waals surface area contributed by atoms with Gasteiger partial charge in [0.2, 0.25) is 11.3 Å². The third-order valence-corrected chi connectivity index (χ3v) is 8.91. The molecule has 0 aromatic heterocycles. The zero-order valence-corrected chi connectivity index (χ0v) is 29.5. The SMILES string of the molecule is CC(C)CC(N)C(=O)C(N)(C(=O)O)C(C(=O)C(N)CCC(N)=O)(C(=O)C(N)CCC(=O)O)C(C(=O)O)(C(=O)C(N)CCCCN)C(=O)C(N)C(C)O. The monoisotopic (exact) mass is 746 g/mol. The molecule has 0 spiro atoms. The first-order chi connectivity index (χ1) is 23.8. The number of unbranched alkanes of at least 4 members (excludes halogenated alkanes) is 1. The Hall–Kier alpha value is -4.09. The lowest BCUT2D eigenvalue weighted by Crippen LogP contribution is -2.86. The van der Waals surface area contributed by atoms with E-state index >= 15 is 9.59 Å². The Balaban J connectivity index is 9.46. The van der Waals surface area contributed by atoms with Crippen LogP contribution in [-0.4, -0.2) is 122 Å². The second kappa shape index (κ2) is 19.7. The van der Waals surface area contributed by atoms with Gasteiger partial charge in [-0.05, 0) is 51.5 Å². The minimum absolute atomic E-state index is 0.0258. The Morgan fingerprint density at radius 1 is 0.615 bits per heavy atom. The van der Waals surface area contributed by atoms with E-state index in [1.54, 1.807) is 0 Å². The Bertz CT molecular complexity index is 1350. The molecule has 0 aliphatic rings. The Morgan fingerprint density at radius 3 is 1.44 bits per heavy atom. The first-order valence-corrected chi connectivity index (χ1v) is 16.4. The predicted molar refractivity (Wildman–Crippen MR) is 181 cm³/mol. The molecule has 0 aliphatic carbocycles. The van der Waals surface area contributed by atoms with Gasteiger partial charge in [0.15, 0.2) is 39.9 Å². The number of nitrogens with two attached hydrogens (primary N) is 8. The summed E-state index contributed by atoms with van der Waals surface area (Å²) in [4.78, 5) is 125. The van der Waals surface area contributed by atoms with E-state index in [-0.39, 0.29) is 19.4 Å². The van der Waals surface area contributed by atoms with E-state index in [1.165, 1.54) is 13.8 Å². The van der Waals surface area contributed by atoms with Gasteiger partial charge in [0.05, 0.1) is 36.3 Å². The molecule has 0 rings (SSSR count). The van der Waals surface area contributed by atoms with Crippen molar-refractivity contribution >= 4 is 52.7 Å². The number of primary amides is 1. The largest absolute Gasteiger partial charge is 0.481 e. The van der Waals surface area contributed by atoms with Crippen LogP contribution in [0, 0.1) is 16.7 Å². The van der Waals surface area contributed by atoms with Crippen LogP contribution < -0.4 is 45.9 Å². The second-order valence-electron chi connectivity index (χ2n) is 13.3. The minimum Gasteiger partial charge on any atom is -0.481 e. The van der Waals surface area contributed by atoms with Gasteiger partial charge in [0.25, 0.3) is 0 Å². The number of aliphatic hydroxyl groups excluding tert-OH is 1. The zero-order chi connectivity index (χ0) is 41.1. The van der Waals surface area contributed by atoms with E-state index in [4.69, 9.17) is 45.9 Å². The number of rotatable bonds is 27. The average molecular weight is 747 g/mol. The molecule has 0 fully saturated rings. The lowest BCUT2D eigenvalue weighted by Gasteiger charge is -2.53. The van der Waals surface area contributed by atoms with E-state index < -0.39 is 150 Å². The van der Waals surface area contributed by atoms with Crippen molar-refractivity contribution in [1.29, 1.82) is 0 Å². The van der Waals surface area contributed by atoms with Gasteiger partial charge in [0, 0.05) is 12.8 Å². The standard InChI is InChI=1S/C31H54N8O13/c1-13(2)12-18(36)25(47)31(39,28(51)52)30(23(45)16(34)7-9-19(37)41,24(46)17(35)8-10-20(42)43)29(27(49)50,26(48)21(38)14(3)40)22(44)15(33)6-4-5-11-32/h13-18,21,40H,4-12,32-36,38-39H2,1-3H3,(H2,37,41)(H,42,43)(H,49,50)(H,51,52). The fraction of sp³-hybridized carbons (Fsp3) is 0.710. The molecule has 20 N–H and O–H groups in total. The number of aliphatic carboxylic acids is 3. The molecule has 0 saturated heterocycles. The number of aliphatic hydroxyl groups is 1. The van der Waals surface area contributed by atoms with Crippen molar-refractivity contribution in [3.8, 4) is 0 Å². The summed E-state index contributed by atoms with van der Waals surface area (Å²) in [7, 11) is 0. The summed E-state index contributed by atoms with van der Waals surface area (Å²) < 4.78 is 0. The Kier molecular flexibility index (Phi) is 18.1. The molecule has 21 heteroatoms. The molecule has 9 atom stereocenters. The zero-order valence-electron chi connectivity index (χ0n) is 29.5. The molecule has 21 nitrogen and oxygen atoms in total. The van der Waals surface area contributed by atoms with Gasteiger partial charge >= 0.3 is 17.9 Å². The van der Waals surface area contributed by atoms with Crippen LogP contribution in [0.15, 0.2) is 0 Å². The van der Waals surface area contributed by atoms with Crippen molar-refractivity contribution in [1.82, 2.24) is 0 Å². The lowest BCUT2D eigenvalue weighted by molar-refractivity contribution is -0.191. The second-order valence-corrected chi connectivity index (χ2v) is 13.3. The first kappa shape index (κ1) is 47.9. The molecular formula is C31H54N8O13. The fourth-order valence-corrected chi connectivity index (χ4v) is 6.18. The van der Waals surface area contributed by atoms with Crippen molar-refractivity contribution in [2.45, 2.75) is 114 Å². The maximum Gasteiger partial charge on any atom is 0.333 e. The molecule has 9 unspecified atom stereocenters. The van der Waals surface area contributed by atoms with Crippen LogP contribution in [0.1, 0.15) is 72.1 Å². The van der Waals surface area contributed by atoms with Gasteiger partial charge in [-0.2, -0.15) is 0 Å². The maximum atomic E-state index is 15.1.